The maximum Gasteiger partial charge on any atom is 0.472 e. The van der Waals surface area contributed by atoms with Gasteiger partial charge in [0.25, 0.3) is 0 Å². The molecule has 292 valence electrons. The van der Waals surface area contributed by atoms with Gasteiger partial charge in [-0.15, -0.1) is 0 Å². The second-order valence-corrected chi connectivity index (χ2v) is 16.9. The minimum Gasteiger partial charge on any atom is -0.461 e. The van der Waals surface area contributed by atoms with Crippen molar-refractivity contribution in [1.29, 1.82) is 0 Å². The van der Waals surface area contributed by atoms with Crippen molar-refractivity contribution in [2.45, 2.75) is 187 Å². The van der Waals surface area contributed by atoms with Crippen molar-refractivity contribution in [2.75, 3.05) is 42.8 Å². The molecule has 0 aromatic rings. The third-order valence-electron chi connectivity index (χ3n) is 8.33. The monoisotopic (exact) mass is 754 g/mol. The summed E-state index contributed by atoms with van der Waals surface area (Å²) in [5.41, 5.74) is 0. The van der Waals surface area contributed by atoms with Gasteiger partial charge in [0, 0.05) is 0 Å². The van der Waals surface area contributed by atoms with E-state index in [-0.39, 0.29) is 24.7 Å². The highest BCUT2D eigenvalue weighted by Gasteiger charge is 2.26. The highest BCUT2D eigenvalue weighted by Crippen LogP contribution is 2.43. The van der Waals surface area contributed by atoms with Crippen molar-refractivity contribution in [3.8, 4) is 0 Å². The molecule has 0 aliphatic rings. The maximum atomic E-state index is 12.5. The lowest BCUT2D eigenvalue weighted by atomic mass is 10.1. The molecule has 0 rings (SSSR count). The number of unbranched alkanes of at least 4 members (excludes halogenated alkanes) is 22. The lowest BCUT2D eigenvalue weighted by Gasteiger charge is -2.19. The van der Waals surface area contributed by atoms with Crippen LogP contribution < -0.4 is 0 Å². The summed E-state index contributed by atoms with van der Waals surface area (Å²) in [6, 6.07) is 0. The molecule has 0 aromatic carbocycles. The summed E-state index contributed by atoms with van der Waals surface area (Å²) in [4.78, 5) is 34.8. The molecule has 1 N–H and O–H groups in total. The Hall–Kier alpha value is -0.250. The molecule has 0 fully saturated rings. The van der Waals surface area contributed by atoms with Crippen LogP contribution in [0.3, 0.4) is 0 Å². The highest BCUT2D eigenvalue weighted by molar-refractivity contribution is 8.00. The number of carbonyl (C=O) groups excluding carboxylic acids is 2. The van der Waals surface area contributed by atoms with Crippen LogP contribution in [0, 0.1) is 0 Å². The van der Waals surface area contributed by atoms with Crippen molar-refractivity contribution < 1.29 is 37.6 Å². The predicted molar refractivity (Wildman–Crippen MR) is 210 cm³/mol. The third kappa shape index (κ3) is 37.3. The van der Waals surface area contributed by atoms with Crippen molar-refractivity contribution >= 4 is 43.3 Å². The summed E-state index contributed by atoms with van der Waals surface area (Å²) >= 11 is 3.06. The highest BCUT2D eigenvalue weighted by atomic mass is 32.2. The molecule has 11 heteroatoms. The molecule has 0 saturated heterocycles. The number of rotatable bonds is 39. The van der Waals surface area contributed by atoms with Gasteiger partial charge in [-0.2, -0.15) is 23.5 Å². The molecule has 0 aromatic heterocycles. The molecule has 0 spiro atoms. The first-order chi connectivity index (χ1) is 23.8. The van der Waals surface area contributed by atoms with Crippen LogP contribution in [-0.2, 0) is 32.7 Å². The normalized spacial score (nSPS) is 13.3. The Morgan fingerprint density at radius 1 is 0.531 bits per heavy atom. The van der Waals surface area contributed by atoms with Crippen LogP contribution in [-0.4, -0.2) is 65.8 Å². The second-order valence-electron chi connectivity index (χ2n) is 13.3. The zero-order valence-electron chi connectivity index (χ0n) is 31.8. The first kappa shape index (κ1) is 48.8. The quantitative estimate of drug-likeness (QED) is 0.0370. The zero-order chi connectivity index (χ0) is 36.1. The molecular weight excluding hydrogens is 680 g/mol. The van der Waals surface area contributed by atoms with Crippen LogP contribution in [0.2, 0.25) is 0 Å². The van der Waals surface area contributed by atoms with Gasteiger partial charge >= 0.3 is 19.8 Å². The smallest absolute Gasteiger partial charge is 0.461 e. The number of ether oxygens (including phenoxy) is 2. The number of hydrogen-bond acceptors (Lipinski definition) is 9. The van der Waals surface area contributed by atoms with E-state index >= 15 is 0 Å². The number of thioether (sulfide) groups is 2. The van der Waals surface area contributed by atoms with Crippen LogP contribution >= 0.6 is 31.3 Å². The molecule has 2 atom stereocenters. The first-order valence-corrected chi connectivity index (χ1v) is 23.8. The van der Waals surface area contributed by atoms with Crippen LogP contribution in [0.4, 0.5) is 0 Å². The Bertz CT molecular complexity index is 789. The summed E-state index contributed by atoms with van der Waals surface area (Å²) in [5.74, 6) is 1.29. The van der Waals surface area contributed by atoms with Gasteiger partial charge in [-0.3, -0.25) is 18.6 Å². The topological polar surface area (TPSA) is 108 Å². The molecule has 0 aliphatic heterocycles. The van der Waals surface area contributed by atoms with E-state index in [0.717, 1.165) is 30.8 Å². The van der Waals surface area contributed by atoms with Gasteiger partial charge in [0.05, 0.1) is 24.7 Å². The lowest BCUT2D eigenvalue weighted by molar-refractivity contribution is -0.157. The third-order valence-corrected chi connectivity index (χ3v) is 11.4. The molecule has 49 heavy (non-hydrogen) atoms. The van der Waals surface area contributed by atoms with Gasteiger partial charge in [-0.05, 0) is 30.8 Å². The minimum absolute atomic E-state index is 0.0688. The van der Waals surface area contributed by atoms with Crippen LogP contribution in [0.1, 0.15) is 181 Å². The first-order valence-electron chi connectivity index (χ1n) is 20.0. The number of esters is 2. The Balaban J connectivity index is 4.14. The van der Waals surface area contributed by atoms with Crippen LogP contribution in [0.15, 0.2) is 0 Å². The Morgan fingerprint density at radius 2 is 0.918 bits per heavy atom. The molecule has 0 heterocycles. The van der Waals surface area contributed by atoms with E-state index in [1.54, 1.807) is 11.8 Å². The standard InChI is InChI=1S/C38H75O8PS2/c1-4-7-9-11-13-15-17-19-21-23-25-27-30-48-34-37(39)43-32-36(33-45-47(41,42)44-29-6-3)46-38(40)35-49-31-28-26-24-22-20-18-16-14-12-10-8-5-2/h36H,4-35H2,1-3H3,(H,41,42). The fraction of sp³-hybridized carbons (Fsp3) is 0.947. The van der Waals surface area contributed by atoms with E-state index in [1.807, 2.05) is 6.92 Å². The minimum atomic E-state index is -4.29. The van der Waals surface area contributed by atoms with E-state index in [1.165, 1.54) is 147 Å². The number of phosphoric acid groups is 1. The van der Waals surface area contributed by atoms with E-state index in [9.17, 15) is 19.0 Å². The second kappa shape index (κ2) is 37.5. The van der Waals surface area contributed by atoms with Crippen LogP contribution in [0.5, 0.6) is 0 Å². The SMILES string of the molecule is CCCCCCCCCCCCCCSCC(=O)OCC(COP(=O)(O)OCCC)OC(=O)CSCCCCCCCCCCCCCC. The lowest BCUT2D eigenvalue weighted by Crippen LogP contribution is -2.30. The number of hydrogen-bond donors (Lipinski definition) is 1. The van der Waals surface area contributed by atoms with Crippen molar-refractivity contribution in [2.24, 2.45) is 0 Å². The average Bonchev–Trinajstić information content (AvgIpc) is 3.08. The predicted octanol–water partition coefficient (Wildman–Crippen LogP) is 11.9. The van der Waals surface area contributed by atoms with Gasteiger partial charge in [-0.25, -0.2) is 4.57 Å². The fourth-order valence-corrected chi connectivity index (χ4v) is 7.82. The van der Waals surface area contributed by atoms with E-state index in [2.05, 4.69) is 13.8 Å². The molecular formula is C38H75O8PS2. The number of carbonyl (C=O) groups is 2. The summed E-state index contributed by atoms with van der Waals surface area (Å²) in [5, 5.41) is 0. The Kier molecular flexibility index (Phi) is 37.3. The van der Waals surface area contributed by atoms with Crippen molar-refractivity contribution in [1.82, 2.24) is 0 Å². The fourth-order valence-electron chi connectivity index (χ4n) is 5.39. The van der Waals surface area contributed by atoms with Gasteiger partial charge in [-0.1, -0.05) is 162 Å². The molecule has 0 saturated carbocycles. The van der Waals surface area contributed by atoms with Gasteiger partial charge in [0.2, 0.25) is 0 Å². The van der Waals surface area contributed by atoms with E-state index < -0.39 is 32.5 Å². The average molecular weight is 755 g/mol. The molecule has 0 radical (unpaired) electrons. The summed E-state index contributed by atoms with van der Waals surface area (Å²) in [6.45, 7) is 5.76. The van der Waals surface area contributed by atoms with Gasteiger partial charge < -0.3 is 14.4 Å². The Morgan fingerprint density at radius 3 is 1.33 bits per heavy atom. The number of phosphoric ester groups is 1. The van der Waals surface area contributed by atoms with Crippen molar-refractivity contribution in [3.63, 3.8) is 0 Å². The molecule has 0 aliphatic carbocycles. The van der Waals surface area contributed by atoms with Crippen LogP contribution in [0.25, 0.3) is 0 Å². The molecule has 2 unspecified atom stereocenters. The maximum absolute atomic E-state index is 12.5. The summed E-state index contributed by atoms with van der Waals surface area (Å²) in [7, 11) is -4.29. The van der Waals surface area contributed by atoms with E-state index in [4.69, 9.17) is 18.5 Å². The van der Waals surface area contributed by atoms with Crippen molar-refractivity contribution in [3.05, 3.63) is 0 Å². The summed E-state index contributed by atoms with van der Waals surface area (Å²) < 4.78 is 32.9. The molecule has 0 bridgehead atoms. The summed E-state index contributed by atoms with van der Waals surface area (Å²) in [6.07, 6.45) is 30.6. The van der Waals surface area contributed by atoms with E-state index in [0.29, 0.717) is 6.42 Å². The molecule has 0 amide bonds. The Labute approximate surface area is 310 Å². The largest absolute Gasteiger partial charge is 0.472 e. The zero-order valence-corrected chi connectivity index (χ0v) is 34.3. The van der Waals surface area contributed by atoms with Gasteiger partial charge in [0.1, 0.15) is 6.61 Å². The molecule has 8 nitrogen and oxygen atoms in total. The van der Waals surface area contributed by atoms with Gasteiger partial charge in [0.15, 0.2) is 6.10 Å².